The van der Waals surface area contributed by atoms with E-state index in [1.165, 1.54) is 0 Å². The van der Waals surface area contributed by atoms with E-state index in [1.54, 1.807) is 41.6 Å². The Bertz CT molecular complexity index is 1230. The molecule has 8 heteroatoms. The highest BCUT2D eigenvalue weighted by Crippen LogP contribution is 2.24. The monoisotopic (exact) mass is 485 g/mol. The van der Waals surface area contributed by atoms with Crippen LogP contribution in [0.1, 0.15) is 25.7 Å². The maximum absolute atomic E-state index is 12.8. The van der Waals surface area contributed by atoms with Gasteiger partial charge in [0.1, 0.15) is 0 Å². The molecule has 33 heavy (non-hydrogen) atoms. The average molecular weight is 486 g/mol. The van der Waals surface area contributed by atoms with E-state index in [4.69, 9.17) is 11.6 Å². The van der Waals surface area contributed by atoms with Crippen LogP contribution in [0.4, 0.5) is 5.69 Å². The van der Waals surface area contributed by atoms with Crippen molar-refractivity contribution in [2.45, 2.75) is 36.6 Å². The number of fused-ring (bicyclic) bond motifs is 1. The lowest BCUT2D eigenvalue weighted by atomic mass is 10.0. The van der Waals surface area contributed by atoms with Gasteiger partial charge in [-0.1, -0.05) is 23.7 Å². The summed E-state index contributed by atoms with van der Waals surface area (Å²) in [6, 6.07) is 14.6. The molecule has 2 heterocycles. The molecule has 0 saturated carbocycles. The van der Waals surface area contributed by atoms with Gasteiger partial charge in [0.2, 0.25) is 5.91 Å². The van der Waals surface area contributed by atoms with E-state index in [1.807, 2.05) is 31.3 Å². The molecule has 0 unspecified atom stereocenters. The first-order chi connectivity index (χ1) is 15.8. The topological polar surface area (TPSA) is 70.6 Å². The van der Waals surface area contributed by atoms with Gasteiger partial charge in [-0.05, 0) is 66.4 Å². The minimum Gasteiger partial charge on any atom is -0.371 e. The predicted octanol–water partition coefficient (Wildman–Crippen LogP) is 4.57. The van der Waals surface area contributed by atoms with Crippen molar-refractivity contribution in [1.29, 1.82) is 0 Å². The van der Waals surface area contributed by atoms with Crippen molar-refractivity contribution in [2.24, 2.45) is 0 Å². The zero-order valence-electron chi connectivity index (χ0n) is 18.7. The van der Waals surface area contributed by atoms with Gasteiger partial charge < -0.3 is 9.80 Å². The Labute approximate surface area is 200 Å². The van der Waals surface area contributed by atoms with Crippen LogP contribution in [0.5, 0.6) is 0 Å². The Balaban J connectivity index is 1.28. The minimum absolute atomic E-state index is 0.000662. The van der Waals surface area contributed by atoms with Gasteiger partial charge in [-0.15, -0.1) is 0 Å². The molecule has 6 nitrogen and oxygen atoms in total. The van der Waals surface area contributed by atoms with Gasteiger partial charge in [-0.2, -0.15) is 0 Å². The Kier molecular flexibility index (Phi) is 7.20. The van der Waals surface area contributed by atoms with Crippen molar-refractivity contribution in [3.8, 4) is 0 Å². The van der Waals surface area contributed by atoms with Gasteiger partial charge in [0.15, 0.2) is 9.84 Å². The smallest absolute Gasteiger partial charge is 0.222 e. The number of hydrogen-bond acceptors (Lipinski definition) is 5. The molecule has 1 aliphatic heterocycles. The summed E-state index contributed by atoms with van der Waals surface area (Å²) < 4.78 is 25.6. The van der Waals surface area contributed by atoms with Gasteiger partial charge in [0.25, 0.3) is 0 Å². The van der Waals surface area contributed by atoms with E-state index in [-0.39, 0.29) is 29.0 Å². The number of piperidine rings is 1. The fraction of sp³-hybridized carbons (Fsp3) is 0.360. The molecule has 0 radical (unpaired) electrons. The quantitative estimate of drug-likeness (QED) is 0.490. The Morgan fingerprint density at radius 1 is 1.06 bits per heavy atom. The first-order valence-corrected chi connectivity index (χ1v) is 13.2. The third-order valence-electron chi connectivity index (χ3n) is 6.37. The Morgan fingerprint density at radius 2 is 1.73 bits per heavy atom. The molecule has 1 saturated heterocycles. The molecule has 0 N–H and O–H groups in total. The summed E-state index contributed by atoms with van der Waals surface area (Å²) in [7, 11) is -1.63. The summed E-state index contributed by atoms with van der Waals surface area (Å²) in [6.07, 6.45) is 5.90. The fourth-order valence-corrected chi connectivity index (χ4v) is 5.89. The summed E-state index contributed by atoms with van der Waals surface area (Å²) in [6.45, 7) is 1.77. The second kappa shape index (κ2) is 10.1. The number of pyridine rings is 1. The fourth-order valence-electron chi connectivity index (χ4n) is 4.37. The second-order valence-electron chi connectivity index (χ2n) is 8.50. The van der Waals surface area contributed by atoms with Gasteiger partial charge in [0.05, 0.1) is 10.6 Å². The average Bonchev–Trinajstić information content (AvgIpc) is 2.83. The van der Waals surface area contributed by atoms with E-state index in [0.717, 1.165) is 42.4 Å². The first-order valence-electron chi connectivity index (χ1n) is 11.2. The number of halogens is 1. The highest BCUT2D eigenvalue weighted by atomic mass is 35.5. The number of carbonyl (C=O) groups is 1. The second-order valence-corrected chi connectivity index (χ2v) is 11.0. The number of carbonyl (C=O) groups excluding carboxylic acids is 1. The van der Waals surface area contributed by atoms with Crippen molar-refractivity contribution in [3.05, 3.63) is 65.9 Å². The standard InChI is InChI=1S/C25H28ClN3O3S/c1-28(22-10-14-29(15-11-22)23-8-12-27-13-9-23)25(30)3-2-16-33(31,32)24-7-5-19-17-21(26)6-4-20(19)18-24/h4-9,12-13,17-18,22H,2-3,10-11,14-16H2,1H3. The molecule has 1 fully saturated rings. The molecular weight excluding hydrogens is 458 g/mol. The minimum atomic E-state index is -3.46. The normalized spacial score (nSPS) is 15.0. The number of amides is 1. The summed E-state index contributed by atoms with van der Waals surface area (Å²) in [5.74, 6) is -0.0488. The van der Waals surface area contributed by atoms with Crippen LogP contribution in [0.25, 0.3) is 10.8 Å². The number of aromatic nitrogens is 1. The van der Waals surface area contributed by atoms with Gasteiger partial charge >= 0.3 is 0 Å². The Morgan fingerprint density at radius 3 is 2.45 bits per heavy atom. The van der Waals surface area contributed by atoms with E-state index < -0.39 is 9.84 Å². The van der Waals surface area contributed by atoms with Crippen LogP contribution in [0, 0.1) is 0 Å². The highest BCUT2D eigenvalue weighted by molar-refractivity contribution is 7.91. The number of sulfone groups is 1. The van der Waals surface area contributed by atoms with Crippen molar-refractivity contribution < 1.29 is 13.2 Å². The number of rotatable bonds is 7. The third-order valence-corrected chi connectivity index (χ3v) is 8.40. The van der Waals surface area contributed by atoms with Gasteiger partial charge in [-0.25, -0.2) is 8.42 Å². The van der Waals surface area contributed by atoms with Crippen LogP contribution in [-0.2, 0) is 14.6 Å². The van der Waals surface area contributed by atoms with Crippen LogP contribution in [-0.4, -0.2) is 56.1 Å². The van der Waals surface area contributed by atoms with Crippen molar-refractivity contribution in [2.75, 3.05) is 30.8 Å². The zero-order valence-corrected chi connectivity index (χ0v) is 20.2. The zero-order chi connectivity index (χ0) is 23.4. The summed E-state index contributed by atoms with van der Waals surface area (Å²) >= 11 is 6.00. The molecular formula is C25H28ClN3O3S. The first kappa shape index (κ1) is 23.5. The van der Waals surface area contributed by atoms with E-state index in [0.29, 0.717) is 11.4 Å². The summed E-state index contributed by atoms with van der Waals surface area (Å²) in [4.78, 5) is 21.2. The van der Waals surface area contributed by atoms with Crippen LogP contribution >= 0.6 is 11.6 Å². The molecule has 0 bridgehead atoms. The molecule has 0 atom stereocenters. The lowest BCUT2D eigenvalue weighted by Gasteiger charge is -2.37. The summed E-state index contributed by atoms with van der Waals surface area (Å²) in [5, 5.41) is 2.34. The predicted molar refractivity (Wildman–Crippen MR) is 132 cm³/mol. The molecule has 4 rings (SSSR count). The number of nitrogens with zero attached hydrogens (tertiary/aromatic N) is 3. The molecule has 174 valence electrons. The van der Waals surface area contributed by atoms with Crippen LogP contribution in [0.15, 0.2) is 65.8 Å². The van der Waals surface area contributed by atoms with Crippen molar-refractivity contribution in [3.63, 3.8) is 0 Å². The highest BCUT2D eigenvalue weighted by Gasteiger charge is 2.26. The van der Waals surface area contributed by atoms with Crippen LogP contribution in [0.3, 0.4) is 0 Å². The van der Waals surface area contributed by atoms with Crippen molar-refractivity contribution in [1.82, 2.24) is 9.88 Å². The van der Waals surface area contributed by atoms with Gasteiger partial charge in [-0.3, -0.25) is 9.78 Å². The SMILES string of the molecule is CN(C(=O)CCCS(=O)(=O)c1ccc2cc(Cl)ccc2c1)C1CCN(c2ccncc2)CC1. The number of anilines is 1. The molecule has 1 amide bonds. The lowest BCUT2D eigenvalue weighted by Crippen LogP contribution is -2.45. The molecule has 0 aliphatic carbocycles. The van der Waals surface area contributed by atoms with E-state index in [9.17, 15) is 13.2 Å². The Hall–Kier alpha value is -2.64. The maximum atomic E-state index is 12.8. The molecule has 3 aromatic rings. The number of hydrogen-bond donors (Lipinski definition) is 0. The molecule has 1 aromatic heterocycles. The maximum Gasteiger partial charge on any atom is 0.222 e. The molecule has 2 aromatic carbocycles. The van der Waals surface area contributed by atoms with Gasteiger partial charge in [0, 0.05) is 55.7 Å². The van der Waals surface area contributed by atoms with E-state index in [2.05, 4.69) is 9.88 Å². The van der Waals surface area contributed by atoms with Crippen LogP contribution in [0.2, 0.25) is 5.02 Å². The van der Waals surface area contributed by atoms with Crippen LogP contribution < -0.4 is 4.90 Å². The third kappa shape index (κ3) is 5.65. The summed E-state index contributed by atoms with van der Waals surface area (Å²) in [5.41, 5.74) is 1.15. The molecule has 0 spiro atoms. The largest absolute Gasteiger partial charge is 0.371 e. The number of benzene rings is 2. The lowest BCUT2D eigenvalue weighted by molar-refractivity contribution is -0.132. The van der Waals surface area contributed by atoms with E-state index >= 15 is 0 Å². The molecule has 1 aliphatic rings. The van der Waals surface area contributed by atoms with Crippen molar-refractivity contribution >= 4 is 43.8 Å².